The highest BCUT2D eigenvalue weighted by atomic mass is 16.7. The van der Waals surface area contributed by atoms with Gasteiger partial charge in [-0.3, -0.25) is 19.2 Å². The van der Waals surface area contributed by atoms with Crippen LogP contribution in [-0.4, -0.2) is 116 Å². The topological polar surface area (TPSA) is 141 Å². The molecule has 12 heteroatoms. The van der Waals surface area contributed by atoms with E-state index in [-0.39, 0.29) is 13.2 Å². The van der Waals surface area contributed by atoms with Crippen molar-refractivity contribution >= 4 is 23.9 Å². The Morgan fingerprint density at radius 3 is 1.62 bits per heavy atom. The Morgan fingerprint density at radius 1 is 0.667 bits per heavy atom. The number of hydrogen-bond acceptors (Lipinski definition) is 12. The molecule has 0 bridgehead atoms. The fourth-order valence-electron chi connectivity index (χ4n) is 4.11. The minimum atomic E-state index is -1.69. The Bertz CT molecular complexity index is 731. The number of hydrogen-bond donors (Lipinski definition) is 1. The number of aliphatic hydroxyl groups excluding tert-OH is 1. The number of nitrogens with zero attached hydrogens (tertiary/aromatic N) is 2. The van der Waals surface area contributed by atoms with Gasteiger partial charge in [-0.25, -0.2) is 0 Å². The van der Waals surface area contributed by atoms with Gasteiger partial charge in [-0.05, 0) is 45.6 Å². The van der Waals surface area contributed by atoms with Crippen LogP contribution in [0.15, 0.2) is 0 Å². The summed E-state index contributed by atoms with van der Waals surface area (Å²) in [4.78, 5) is 51.7. The predicted molar refractivity (Wildman–Crippen MR) is 144 cm³/mol. The third-order valence-electron chi connectivity index (χ3n) is 6.14. The van der Waals surface area contributed by atoms with Crippen molar-refractivity contribution in [2.45, 2.75) is 92.8 Å². The average molecular weight is 563 g/mol. The molecule has 0 aliphatic carbocycles. The van der Waals surface area contributed by atoms with Crippen molar-refractivity contribution in [2.24, 2.45) is 5.92 Å². The highest BCUT2D eigenvalue weighted by Gasteiger charge is 2.44. The molecule has 0 aromatic rings. The molecule has 0 aromatic heterocycles. The Labute approximate surface area is 233 Å². The molecule has 1 N–H and O–H groups in total. The molecular formula is C27H50N2O10. The van der Waals surface area contributed by atoms with Gasteiger partial charge in [0, 0.05) is 40.2 Å². The van der Waals surface area contributed by atoms with E-state index in [0.717, 1.165) is 66.5 Å². The Hall–Kier alpha value is -2.28. The standard InChI is InChI=1S/C27H50N2O10/c1-9-28(10-2)14-12-15-29(11-3)16-13-17-35-27(34)26(39-23(8)33)25(38-22(7)32)24(37-21(6)31)19(4)18-36-20(5)30/h19,24-27,34H,9-18H2,1-8H3. The van der Waals surface area contributed by atoms with Crippen LogP contribution in [0.3, 0.4) is 0 Å². The second-order valence-electron chi connectivity index (χ2n) is 9.43. The van der Waals surface area contributed by atoms with Gasteiger partial charge >= 0.3 is 23.9 Å². The first-order valence-corrected chi connectivity index (χ1v) is 13.7. The fourth-order valence-corrected chi connectivity index (χ4v) is 4.11. The number of rotatable bonds is 21. The lowest BCUT2D eigenvalue weighted by atomic mass is 9.95. The second kappa shape index (κ2) is 20.6. The number of esters is 4. The van der Waals surface area contributed by atoms with Gasteiger partial charge in [-0.2, -0.15) is 0 Å². The molecular weight excluding hydrogens is 512 g/mol. The monoisotopic (exact) mass is 562 g/mol. The normalized spacial score (nSPS) is 15.3. The van der Waals surface area contributed by atoms with Gasteiger partial charge in [0.2, 0.25) is 0 Å². The van der Waals surface area contributed by atoms with Crippen molar-refractivity contribution in [1.29, 1.82) is 0 Å². The lowest BCUT2D eigenvalue weighted by molar-refractivity contribution is -0.233. The van der Waals surface area contributed by atoms with E-state index in [1.165, 1.54) is 6.92 Å². The Morgan fingerprint density at radius 2 is 1.13 bits per heavy atom. The maximum Gasteiger partial charge on any atom is 0.303 e. The maximum absolute atomic E-state index is 12.0. The molecule has 5 atom stereocenters. The first-order valence-electron chi connectivity index (χ1n) is 13.7. The van der Waals surface area contributed by atoms with Crippen LogP contribution in [0.4, 0.5) is 0 Å². The first kappa shape index (κ1) is 36.7. The van der Waals surface area contributed by atoms with Gasteiger partial charge in [0.25, 0.3) is 0 Å². The lowest BCUT2D eigenvalue weighted by Crippen LogP contribution is -2.53. The second-order valence-corrected chi connectivity index (χ2v) is 9.43. The van der Waals surface area contributed by atoms with Gasteiger partial charge in [0.15, 0.2) is 18.5 Å². The van der Waals surface area contributed by atoms with Crippen molar-refractivity contribution in [2.75, 3.05) is 52.5 Å². The maximum atomic E-state index is 12.0. The molecule has 0 fully saturated rings. The van der Waals surface area contributed by atoms with E-state index < -0.39 is 54.4 Å². The lowest BCUT2D eigenvalue weighted by Gasteiger charge is -2.36. The zero-order valence-electron chi connectivity index (χ0n) is 25.0. The van der Waals surface area contributed by atoms with Crippen molar-refractivity contribution in [3.05, 3.63) is 0 Å². The summed E-state index contributed by atoms with van der Waals surface area (Å²) in [5.41, 5.74) is 0. The summed E-state index contributed by atoms with van der Waals surface area (Å²) in [6.07, 6.45) is -4.20. The summed E-state index contributed by atoms with van der Waals surface area (Å²) < 4.78 is 26.7. The third-order valence-corrected chi connectivity index (χ3v) is 6.14. The molecule has 0 aromatic carbocycles. The van der Waals surface area contributed by atoms with E-state index in [0.29, 0.717) is 6.42 Å². The van der Waals surface area contributed by atoms with E-state index >= 15 is 0 Å². The van der Waals surface area contributed by atoms with Gasteiger partial charge in [0.1, 0.15) is 6.10 Å². The van der Waals surface area contributed by atoms with Crippen LogP contribution in [-0.2, 0) is 42.9 Å². The molecule has 0 saturated heterocycles. The van der Waals surface area contributed by atoms with Crippen molar-refractivity contribution < 1.29 is 48.0 Å². The molecule has 228 valence electrons. The molecule has 0 aliphatic heterocycles. The van der Waals surface area contributed by atoms with Gasteiger partial charge in [0.05, 0.1) is 13.2 Å². The summed E-state index contributed by atoms with van der Waals surface area (Å²) >= 11 is 0. The first-order chi connectivity index (χ1) is 18.4. The number of aliphatic hydroxyl groups is 1. The highest BCUT2D eigenvalue weighted by molar-refractivity contribution is 5.68. The highest BCUT2D eigenvalue weighted by Crippen LogP contribution is 2.24. The van der Waals surface area contributed by atoms with E-state index in [1.807, 2.05) is 0 Å². The minimum Gasteiger partial charge on any atom is -0.465 e. The number of ether oxygens (including phenoxy) is 5. The van der Waals surface area contributed by atoms with Crippen LogP contribution in [0.25, 0.3) is 0 Å². The number of carbonyl (C=O) groups excluding carboxylic acids is 4. The molecule has 0 radical (unpaired) electrons. The predicted octanol–water partition coefficient (Wildman–Crippen LogP) is 1.76. The van der Waals surface area contributed by atoms with Crippen LogP contribution in [0, 0.1) is 5.92 Å². The summed E-state index contributed by atoms with van der Waals surface area (Å²) in [7, 11) is 0. The summed E-state index contributed by atoms with van der Waals surface area (Å²) in [5.74, 6) is -3.46. The summed E-state index contributed by atoms with van der Waals surface area (Å²) in [5, 5.41) is 10.9. The van der Waals surface area contributed by atoms with E-state index in [1.54, 1.807) is 6.92 Å². The third kappa shape index (κ3) is 16.4. The van der Waals surface area contributed by atoms with Crippen LogP contribution in [0.2, 0.25) is 0 Å². The van der Waals surface area contributed by atoms with Gasteiger partial charge in [-0.15, -0.1) is 0 Å². The van der Waals surface area contributed by atoms with Crippen molar-refractivity contribution in [3.8, 4) is 0 Å². The zero-order chi connectivity index (χ0) is 30.0. The van der Waals surface area contributed by atoms with Crippen LogP contribution >= 0.6 is 0 Å². The molecule has 12 nitrogen and oxygen atoms in total. The smallest absolute Gasteiger partial charge is 0.303 e. The van der Waals surface area contributed by atoms with Crippen LogP contribution < -0.4 is 0 Å². The van der Waals surface area contributed by atoms with Crippen molar-refractivity contribution in [1.82, 2.24) is 9.80 Å². The SMILES string of the molecule is CCN(CC)CCCN(CC)CCCOC(O)C(OC(C)=O)C(OC(C)=O)C(OC(C)=O)C(C)COC(C)=O. The van der Waals surface area contributed by atoms with E-state index in [9.17, 15) is 24.3 Å². The molecule has 39 heavy (non-hydrogen) atoms. The summed E-state index contributed by atoms with van der Waals surface area (Å²) in [6.45, 7) is 18.2. The average Bonchev–Trinajstić information content (AvgIpc) is 2.86. The number of carbonyl (C=O) groups is 4. The van der Waals surface area contributed by atoms with Crippen molar-refractivity contribution in [3.63, 3.8) is 0 Å². The molecule has 0 heterocycles. The Balaban J connectivity index is 5.45. The molecule has 0 amide bonds. The quantitative estimate of drug-likeness (QED) is 0.0943. The van der Waals surface area contributed by atoms with E-state index in [2.05, 4.69) is 30.6 Å². The largest absolute Gasteiger partial charge is 0.465 e. The van der Waals surface area contributed by atoms with Crippen LogP contribution in [0.5, 0.6) is 0 Å². The van der Waals surface area contributed by atoms with Gasteiger partial charge < -0.3 is 38.6 Å². The van der Waals surface area contributed by atoms with Crippen LogP contribution in [0.1, 0.15) is 68.2 Å². The van der Waals surface area contributed by atoms with Gasteiger partial charge in [-0.1, -0.05) is 27.7 Å². The fraction of sp³-hybridized carbons (Fsp3) is 0.852. The minimum absolute atomic E-state index is 0.138. The molecule has 0 rings (SSSR count). The molecule has 0 saturated carbocycles. The molecule has 0 aliphatic rings. The Kier molecular flexibility index (Phi) is 19.4. The zero-order valence-corrected chi connectivity index (χ0v) is 25.0. The molecule has 5 unspecified atom stereocenters. The summed E-state index contributed by atoms with van der Waals surface area (Å²) in [6, 6.07) is 0. The van der Waals surface area contributed by atoms with E-state index in [4.69, 9.17) is 23.7 Å². The molecule has 0 spiro atoms.